The number of nitrogens with two attached hydrogens (primary N) is 1. The number of thiophene rings is 1. The molecule has 2 nitrogen and oxygen atoms in total. The number of nitrogens with zero attached hydrogens (tertiary/aromatic N) is 1. The van der Waals surface area contributed by atoms with Gasteiger partial charge in [-0.2, -0.15) is 11.3 Å². The molecule has 1 aromatic heterocycles. The first-order valence-corrected chi connectivity index (χ1v) is 5.59. The Bertz CT molecular complexity index is 221. The Balaban J connectivity index is 2.36. The van der Waals surface area contributed by atoms with Crippen LogP contribution in [0.1, 0.15) is 18.9 Å². The zero-order valence-corrected chi connectivity index (χ0v) is 9.18. The van der Waals surface area contributed by atoms with Gasteiger partial charge in [-0.3, -0.25) is 4.90 Å². The fourth-order valence-corrected chi connectivity index (χ4v) is 1.95. The minimum Gasteiger partial charge on any atom is -0.330 e. The third kappa shape index (κ3) is 3.46. The number of hydrogen-bond acceptors (Lipinski definition) is 3. The summed E-state index contributed by atoms with van der Waals surface area (Å²) in [7, 11) is 2.15. The molecule has 1 atom stereocenters. The van der Waals surface area contributed by atoms with E-state index in [2.05, 4.69) is 35.7 Å². The van der Waals surface area contributed by atoms with Gasteiger partial charge in [-0.25, -0.2) is 0 Å². The third-order valence-electron chi connectivity index (χ3n) is 2.35. The highest BCUT2D eigenvalue weighted by Crippen LogP contribution is 2.11. The summed E-state index contributed by atoms with van der Waals surface area (Å²) in [4.78, 5) is 2.34. The molecule has 0 aliphatic heterocycles. The van der Waals surface area contributed by atoms with Crippen molar-refractivity contribution < 1.29 is 0 Å². The van der Waals surface area contributed by atoms with Gasteiger partial charge in [0.2, 0.25) is 0 Å². The van der Waals surface area contributed by atoms with Gasteiger partial charge in [-0.15, -0.1) is 0 Å². The maximum atomic E-state index is 5.52. The van der Waals surface area contributed by atoms with Gasteiger partial charge in [-0.05, 0) is 49.3 Å². The SMILES string of the molecule is CC(CCN)N(C)Cc1ccsc1. The van der Waals surface area contributed by atoms with Crippen LogP contribution >= 0.6 is 11.3 Å². The van der Waals surface area contributed by atoms with Crippen LogP contribution in [-0.4, -0.2) is 24.5 Å². The second-order valence-corrected chi connectivity index (χ2v) is 4.25. The molecule has 0 aromatic carbocycles. The van der Waals surface area contributed by atoms with E-state index >= 15 is 0 Å². The molecule has 0 saturated heterocycles. The summed E-state index contributed by atoms with van der Waals surface area (Å²) < 4.78 is 0. The van der Waals surface area contributed by atoms with Crippen molar-refractivity contribution in [2.75, 3.05) is 13.6 Å². The van der Waals surface area contributed by atoms with Crippen LogP contribution in [0, 0.1) is 0 Å². The average molecular weight is 198 g/mol. The standard InChI is InChI=1S/C10H18N2S/c1-9(3-5-11)12(2)7-10-4-6-13-8-10/h4,6,8-9H,3,5,7,11H2,1-2H3. The normalized spacial score (nSPS) is 13.5. The van der Waals surface area contributed by atoms with Gasteiger partial charge < -0.3 is 5.73 Å². The van der Waals surface area contributed by atoms with E-state index in [1.807, 2.05) is 0 Å². The van der Waals surface area contributed by atoms with Crippen LogP contribution in [0.4, 0.5) is 0 Å². The molecule has 1 heterocycles. The van der Waals surface area contributed by atoms with E-state index in [4.69, 9.17) is 5.73 Å². The van der Waals surface area contributed by atoms with Crippen molar-refractivity contribution in [2.24, 2.45) is 5.73 Å². The molecular formula is C10H18N2S. The first-order valence-electron chi connectivity index (χ1n) is 4.65. The Morgan fingerprint density at radius 1 is 1.62 bits per heavy atom. The number of hydrogen-bond donors (Lipinski definition) is 1. The summed E-state index contributed by atoms with van der Waals surface area (Å²) in [6.07, 6.45) is 1.07. The van der Waals surface area contributed by atoms with Crippen molar-refractivity contribution in [1.29, 1.82) is 0 Å². The molecular weight excluding hydrogens is 180 g/mol. The lowest BCUT2D eigenvalue weighted by molar-refractivity contribution is 0.241. The summed E-state index contributed by atoms with van der Waals surface area (Å²) >= 11 is 1.76. The Kier molecular flexibility index (Phi) is 4.42. The van der Waals surface area contributed by atoms with Crippen molar-refractivity contribution in [2.45, 2.75) is 25.9 Å². The predicted octanol–water partition coefficient (Wildman–Crippen LogP) is 1.92. The van der Waals surface area contributed by atoms with Crippen molar-refractivity contribution in [3.8, 4) is 0 Å². The van der Waals surface area contributed by atoms with E-state index < -0.39 is 0 Å². The molecule has 0 aliphatic rings. The number of rotatable bonds is 5. The fourth-order valence-electron chi connectivity index (χ4n) is 1.29. The van der Waals surface area contributed by atoms with Crippen molar-refractivity contribution in [3.63, 3.8) is 0 Å². The van der Waals surface area contributed by atoms with E-state index in [0.29, 0.717) is 6.04 Å². The third-order valence-corrected chi connectivity index (χ3v) is 3.08. The molecule has 74 valence electrons. The van der Waals surface area contributed by atoms with Crippen molar-refractivity contribution in [1.82, 2.24) is 4.90 Å². The van der Waals surface area contributed by atoms with Gasteiger partial charge in [0.05, 0.1) is 0 Å². The molecule has 1 rings (SSSR count). The summed E-state index contributed by atoms with van der Waals surface area (Å²) in [6, 6.07) is 2.75. The van der Waals surface area contributed by atoms with E-state index in [-0.39, 0.29) is 0 Å². The molecule has 0 aliphatic carbocycles. The van der Waals surface area contributed by atoms with Crippen LogP contribution in [0.15, 0.2) is 16.8 Å². The second-order valence-electron chi connectivity index (χ2n) is 3.47. The van der Waals surface area contributed by atoms with E-state index in [9.17, 15) is 0 Å². The largest absolute Gasteiger partial charge is 0.330 e. The molecule has 13 heavy (non-hydrogen) atoms. The minimum atomic E-state index is 0.574. The Labute approximate surface area is 84.4 Å². The first kappa shape index (κ1) is 10.7. The molecule has 0 fully saturated rings. The average Bonchev–Trinajstić information content (AvgIpc) is 2.57. The van der Waals surface area contributed by atoms with Gasteiger partial charge in [0.15, 0.2) is 0 Å². The van der Waals surface area contributed by atoms with Gasteiger partial charge >= 0.3 is 0 Å². The van der Waals surface area contributed by atoms with Crippen LogP contribution in [-0.2, 0) is 6.54 Å². The molecule has 0 amide bonds. The Morgan fingerprint density at radius 2 is 2.38 bits per heavy atom. The molecule has 2 N–H and O–H groups in total. The Morgan fingerprint density at radius 3 is 2.92 bits per heavy atom. The predicted molar refractivity (Wildman–Crippen MR) is 58.9 cm³/mol. The molecule has 3 heteroatoms. The Hall–Kier alpha value is -0.380. The lowest BCUT2D eigenvalue weighted by Gasteiger charge is -2.23. The summed E-state index contributed by atoms with van der Waals surface area (Å²) in [5.74, 6) is 0. The zero-order chi connectivity index (χ0) is 9.68. The topological polar surface area (TPSA) is 29.3 Å². The molecule has 0 bridgehead atoms. The highest BCUT2D eigenvalue weighted by Gasteiger charge is 2.08. The van der Waals surface area contributed by atoms with E-state index in [1.54, 1.807) is 11.3 Å². The van der Waals surface area contributed by atoms with Crippen LogP contribution in [0.25, 0.3) is 0 Å². The van der Waals surface area contributed by atoms with Crippen LogP contribution in [0.3, 0.4) is 0 Å². The fraction of sp³-hybridized carbons (Fsp3) is 0.600. The van der Waals surface area contributed by atoms with E-state index in [1.165, 1.54) is 5.56 Å². The first-order chi connectivity index (χ1) is 6.24. The molecule has 0 radical (unpaired) electrons. The van der Waals surface area contributed by atoms with Gasteiger partial charge in [0.1, 0.15) is 0 Å². The van der Waals surface area contributed by atoms with Gasteiger partial charge in [-0.1, -0.05) is 0 Å². The van der Waals surface area contributed by atoms with Crippen molar-refractivity contribution in [3.05, 3.63) is 22.4 Å². The summed E-state index contributed by atoms with van der Waals surface area (Å²) in [5.41, 5.74) is 6.92. The summed E-state index contributed by atoms with van der Waals surface area (Å²) in [5, 5.41) is 4.32. The monoisotopic (exact) mass is 198 g/mol. The van der Waals surface area contributed by atoms with Crippen LogP contribution in [0.5, 0.6) is 0 Å². The second kappa shape index (κ2) is 5.37. The maximum Gasteiger partial charge on any atom is 0.0241 e. The zero-order valence-electron chi connectivity index (χ0n) is 8.36. The van der Waals surface area contributed by atoms with Gasteiger partial charge in [0, 0.05) is 12.6 Å². The highest BCUT2D eigenvalue weighted by molar-refractivity contribution is 7.07. The summed E-state index contributed by atoms with van der Waals surface area (Å²) in [6.45, 7) is 4.03. The van der Waals surface area contributed by atoms with Crippen LogP contribution < -0.4 is 5.73 Å². The van der Waals surface area contributed by atoms with Gasteiger partial charge in [0.25, 0.3) is 0 Å². The highest BCUT2D eigenvalue weighted by atomic mass is 32.1. The smallest absolute Gasteiger partial charge is 0.0241 e. The lowest BCUT2D eigenvalue weighted by Crippen LogP contribution is -2.30. The van der Waals surface area contributed by atoms with E-state index in [0.717, 1.165) is 19.5 Å². The molecule has 1 aromatic rings. The molecule has 0 spiro atoms. The minimum absolute atomic E-state index is 0.574. The van der Waals surface area contributed by atoms with Crippen molar-refractivity contribution >= 4 is 11.3 Å². The lowest BCUT2D eigenvalue weighted by atomic mass is 10.2. The molecule has 1 unspecified atom stereocenters. The molecule has 0 saturated carbocycles. The quantitative estimate of drug-likeness (QED) is 0.783. The maximum absolute atomic E-state index is 5.52. The van der Waals surface area contributed by atoms with Crippen LogP contribution in [0.2, 0.25) is 0 Å².